The molecule has 2 amide bonds. The molecule has 1 atom stereocenters. The Morgan fingerprint density at radius 1 is 1.26 bits per heavy atom. The van der Waals surface area contributed by atoms with Crippen molar-refractivity contribution in [3.8, 4) is 5.75 Å². The maximum atomic E-state index is 12.8. The van der Waals surface area contributed by atoms with Crippen molar-refractivity contribution >= 4 is 52.2 Å². The number of aliphatic carboxylic acids is 1. The molecule has 1 fully saturated rings. The summed E-state index contributed by atoms with van der Waals surface area (Å²) >= 11 is 6.16. The average molecular weight is 457 g/mol. The van der Waals surface area contributed by atoms with Crippen LogP contribution < -0.4 is 10.5 Å². The Labute approximate surface area is 188 Å². The van der Waals surface area contributed by atoms with Gasteiger partial charge in [-0.2, -0.15) is 0 Å². The number of hydrogen-bond donors (Lipinski definition) is 2. The molecule has 0 radical (unpaired) electrons. The molecule has 0 saturated carbocycles. The van der Waals surface area contributed by atoms with Gasteiger partial charge < -0.3 is 15.6 Å². The number of carboxylic acids is 1. The number of hydrogen-bond acceptors (Lipinski definition) is 6. The van der Waals surface area contributed by atoms with Crippen LogP contribution in [0.15, 0.2) is 53.4 Å². The molecule has 31 heavy (non-hydrogen) atoms. The van der Waals surface area contributed by atoms with Gasteiger partial charge in [-0.15, -0.1) is 0 Å². The van der Waals surface area contributed by atoms with Crippen LogP contribution in [-0.4, -0.2) is 38.2 Å². The highest BCUT2D eigenvalue weighted by molar-refractivity contribution is 8.26. The number of carbonyl (C=O) groups excluding carboxylic acids is 2. The first-order valence-corrected chi connectivity index (χ1v) is 10.5. The highest BCUT2D eigenvalue weighted by Crippen LogP contribution is 2.35. The lowest BCUT2D eigenvalue weighted by Gasteiger charge is -2.21. The smallest absolute Gasteiger partial charge is 0.327 e. The third kappa shape index (κ3) is 5.71. The minimum atomic E-state index is -1.43. The molecule has 160 valence electrons. The van der Waals surface area contributed by atoms with Crippen molar-refractivity contribution in [1.29, 1.82) is 0 Å². The molecule has 3 N–H and O–H groups in total. The molecule has 2 aromatic carbocycles. The Kier molecular flexibility index (Phi) is 7.09. The summed E-state index contributed by atoms with van der Waals surface area (Å²) in [6, 6.07) is 13.8. The van der Waals surface area contributed by atoms with Gasteiger partial charge in [-0.05, 0) is 36.3 Å². The Balaban J connectivity index is 1.75. The Morgan fingerprint density at radius 2 is 1.97 bits per heavy atom. The summed E-state index contributed by atoms with van der Waals surface area (Å²) in [6.45, 7) is 2.42. The molecular formula is C22H20N2O5S2. The predicted octanol–water partition coefficient (Wildman–Crippen LogP) is 3.10. The molecule has 9 heteroatoms. The van der Waals surface area contributed by atoms with E-state index in [0.29, 0.717) is 17.9 Å². The number of primary amides is 1. The van der Waals surface area contributed by atoms with E-state index < -0.39 is 30.2 Å². The molecular weight excluding hydrogens is 436 g/mol. The third-order valence-electron chi connectivity index (χ3n) is 4.50. The van der Waals surface area contributed by atoms with Crippen molar-refractivity contribution in [2.24, 2.45) is 5.73 Å². The zero-order chi connectivity index (χ0) is 22.5. The Hall–Kier alpha value is -3.17. The summed E-state index contributed by atoms with van der Waals surface area (Å²) in [7, 11) is 0. The number of benzene rings is 2. The van der Waals surface area contributed by atoms with E-state index in [1.54, 1.807) is 24.3 Å². The highest BCUT2D eigenvalue weighted by Gasteiger charge is 2.41. The molecule has 1 heterocycles. The van der Waals surface area contributed by atoms with E-state index in [9.17, 15) is 19.5 Å². The number of thioether (sulfide) groups is 1. The summed E-state index contributed by atoms with van der Waals surface area (Å²) in [4.78, 5) is 36.7. The van der Waals surface area contributed by atoms with Crippen LogP contribution in [0.2, 0.25) is 0 Å². The van der Waals surface area contributed by atoms with Gasteiger partial charge in [-0.3, -0.25) is 14.5 Å². The SMILES string of the molecule is Cc1ccc(COc2cccc(/C=C3\SC(=S)N(C(CC(N)=O)C(=O)O)C3=O)c2)cc1. The van der Waals surface area contributed by atoms with Gasteiger partial charge in [0.05, 0.1) is 11.3 Å². The predicted molar refractivity (Wildman–Crippen MR) is 122 cm³/mol. The van der Waals surface area contributed by atoms with Crippen molar-refractivity contribution in [3.63, 3.8) is 0 Å². The summed E-state index contributed by atoms with van der Waals surface area (Å²) in [5, 5.41) is 9.39. The summed E-state index contributed by atoms with van der Waals surface area (Å²) < 4.78 is 5.90. The van der Waals surface area contributed by atoms with Gasteiger partial charge in [0, 0.05) is 0 Å². The molecule has 2 aromatic rings. The van der Waals surface area contributed by atoms with Gasteiger partial charge >= 0.3 is 5.97 Å². The van der Waals surface area contributed by atoms with Gasteiger partial charge in [0.15, 0.2) is 0 Å². The van der Waals surface area contributed by atoms with Crippen LogP contribution in [0, 0.1) is 6.92 Å². The number of nitrogens with zero attached hydrogens (tertiary/aromatic N) is 1. The van der Waals surface area contributed by atoms with Gasteiger partial charge in [0.1, 0.15) is 22.7 Å². The van der Waals surface area contributed by atoms with Crippen LogP contribution in [-0.2, 0) is 21.0 Å². The first-order valence-electron chi connectivity index (χ1n) is 9.31. The second-order valence-corrected chi connectivity index (χ2v) is 8.60. The topological polar surface area (TPSA) is 110 Å². The van der Waals surface area contributed by atoms with E-state index in [1.807, 2.05) is 37.3 Å². The fourth-order valence-electron chi connectivity index (χ4n) is 2.92. The molecule has 0 bridgehead atoms. The van der Waals surface area contributed by atoms with Crippen molar-refractivity contribution in [2.45, 2.75) is 26.0 Å². The largest absolute Gasteiger partial charge is 0.489 e. The first kappa shape index (κ1) is 22.5. The number of rotatable bonds is 8. The lowest BCUT2D eigenvalue weighted by Crippen LogP contribution is -2.46. The van der Waals surface area contributed by atoms with E-state index in [4.69, 9.17) is 22.7 Å². The summed E-state index contributed by atoms with van der Waals surface area (Å²) in [6.07, 6.45) is 1.10. The number of thiocarbonyl (C=S) groups is 1. The highest BCUT2D eigenvalue weighted by atomic mass is 32.2. The molecule has 7 nitrogen and oxygen atoms in total. The van der Waals surface area contributed by atoms with Crippen LogP contribution in [0.4, 0.5) is 0 Å². The van der Waals surface area contributed by atoms with Crippen molar-refractivity contribution in [1.82, 2.24) is 4.90 Å². The van der Waals surface area contributed by atoms with Gasteiger partial charge in [0.25, 0.3) is 5.91 Å². The van der Waals surface area contributed by atoms with Crippen molar-refractivity contribution in [2.75, 3.05) is 0 Å². The molecule has 0 aromatic heterocycles. The third-order valence-corrected chi connectivity index (χ3v) is 5.83. The Morgan fingerprint density at radius 3 is 2.61 bits per heavy atom. The number of carboxylic acid groups (broad SMARTS) is 1. The van der Waals surface area contributed by atoms with Gasteiger partial charge in [0.2, 0.25) is 5.91 Å². The van der Waals surface area contributed by atoms with Crippen LogP contribution in [0.25, 0.3) is 6.08 Å². The minimum Gasteiger partial charge on any atom is -0.489 e. The first-order chi connectivity index (χ1) is 14.7. The normalized spacial score (nSPS) is 15.9. The maximum absolute atomic E-state index is 12.8. The number of nitrogens with two attached hydrogens (primary N) is 1. The maximum Gasteiger partial charge on any atom is 0.327 e. The van der Waals surface area contributed by atoms with E-state index >= 15 is 0 Å². The van der Waals surface area contributed by atoms with E-state index in [-0.39, 0.29) is 9.23 Å². The number of aryl methyl sites for hydroxylation is 1. The number of ether oxygens (including phenoxy) is 1. The second-order valence-electron chi connectivity index (χ2n) is 6.92. The molecule has 1 aliphatic rings. The van der Waals surface area contributed by atoms with Crippen LogP contribution >= 0.6 is 24.0 Å². The van der Waals surface area contributed by atoms with Crippen LogP contribution in [0.1, 0.15) is 23.1 Å². The van der Waals surface area contributed by atoms with E-state index in [1.165, 1.54) is 5.56 Å². The summed E-state index contributed by atoms with van der Waals surface area (Å²) in [5.41, 5.74) is 8.03. The van der Waals surface area contributed by atoms with Gasteiger partial charge in [-0.25, -0.2) is 4.79 Å². The lowest BCUT2D eigenvalue weighted by molar-refractivity contribution is -0.146. The number of carbonyl (C=O) groups is 3. The zero-order valence-corrected chi connectivity index (χ0v) is 18.2. The molecule has 1 aliphatic heterocycles. The second kappa shape index (κ2) is 9.76. The van der Waals surface area contributed by atoms with Crippen molar-refractivity contribution in [3.05, 3.63) is 70.1 Å². The molecule has 0 spiro atoms. The fraction of sp³-hybridized carbons (Fsp3) is 0.182. The molecule has 1 unspecified atom stereocenters. The lowest BCUT2D eigenvalue weighted by atomic mass is 10.1. The summed E-state index contributed by atoms with van der Waals surface area (Å²) in [5.74, 6) is -2.12. The molecule has 3 rings (SSSR count). The average Bonchev–Trinajstić information content (AvgIpc) is 2.98. The molecule has 1 saturated heterocycles. The monoisotopic (exact) mass is 456 g/mol. The number of amides is 2. The fourth-order valence-corrected chi connectivity index (χ4v) is 4.28. The molecule has 0 aliphatic carbocycles. The standard InChI is InChI=1S/C22H20N2O5S2/c1-13-5-7-14(8-6-13)12-29-16-4-2-3-15(9-16)10-18-20(26)24(22(30)31-18)17(21(27)28)11-19(23)25/h2-10,17H,11-12H2,1H3,(H2,23,25)(H,27,28)/b18-10-. The van der Waals surface area contributed by atoms with Crippen molar-refractivity contribution < 1.29 is 24.2 Å². The quantitative estimate of drug-likeness (QED) is 0.464. The zero-order valence-electron chi connectivity index (χ0n) is 16.6. The van der Waals surface area contributed by atoms with Crippen LogP contribution in [0.3, 0.4) is 0 Å². The van der Waals surface area contributed by atoms with E-state index in [2.05, 4.69) is 0 Å². The Bertz CT molecular complexity index is 1070. The van der Waals surface area contributed by atoms with Gasteiger partial charge in [-0.1, -0.05) is 65.9 Å². The minimum absolute atomic E-state index is 0.0664. The van der Waals surface area contributed by atoms with Crippen LogP contribution in [0.5, 0.6) is 5.75 Å². The van der Waals surface area contributed by atoms with E-state index in [0.717, 1.165) is 22.2 Å².